The fourth-order valence-electron chi connectivity index (χ4n) is 2.68. The predicted molar refractivity (Wildman–Crippen MR) is 73.0 cm³/mol. The highest BCUT2D eigenvalue weighted by Crippen LogP contribution is 2.28. The Morgan fingerprint density at radius 1 is 1.37 bits per heavy atom. The molecule has 0 spiro atoms. The smallest absolute Gasteiger partial charge is 0.252 e. The number of carbonyl (C=O) groups excluding carboxylic acids is 1. The molecule has 1 aliphatic rings. The van der Waals surface area contributed by atoms with Gasteiger partial charge in [0.1, 0.15) is 12.4 Å². The van der Waals surface area contributed by atoms with Crippen LogP contribution in [0, 0.1) is 5.92 Å². The Morgan fingerprint density at radius 3 is 2.74 bits per heavy atom. The molecule has 0 radical (unpaired) electrons. The summed E-state index contributed by atoms with van der Waals surface area (Å²) in [6.07, 6.45) is 5.23. The van der Waals surface area contributed by atoms with E-state index in [1.54, 1.807) is 24.3 Å². The SMILES string of the molecule is NC(=O)c1ccccc1OCC(O)CC1CCCC1. The van der Waals surface area contributed by atoms with Gasteiger partial charge in [-0.1, -0.05) is 37.8 Å². The number of para-hydroxylation sites is 1. The molecule has 1 aliphatic carbocycles. The molecule has 3 N–H and O–H groups in total. The molecule has 1 aromatic rings. The van der Waals surface area contributed by atoms with E-state index >= 15 is 0 Å². The maximum atomic E-state index is 11.2. The number of carbonyl (C=O) groups is 1. The van der Waals surface area contributed by atoms with E-state index in [-0.39, 0.29) is 6.61 Å². The summed E-state index contributed by atoms with van der Waals surface area (Å²) in [4.78, 5) is 11.2. The molecule has 1 aromatic carbocycles. The van der Waals surface area contributed by atoms with Crippen molar-refractivity contribution in [2.75, 3.05) is 6.61 Å². The molecule has 1 atom stereocenters. The van der Waals surface area contributed by atoms with Gasteiger partial charge in [0.15, 0.2) is 0 Å². The Balaban J connectivity index is 1.85. The zero-order valence-electron chi connectivity index (χ0n) is 11.0. The van der Waals surface area contributed by atoms with Crippen LogP contribution in [-0.2, 0) is 0 Å². The third-order valence-corrected chi connectivity index (χ3v) is 3.66. The van der Waals surface area contributed by atoms with Crippen molar-refractivity contribution < 1.29 is 14.6 Å². The molecular weight excluding hydrogens is 242 g/mol. The van der Waals surface area contributed by atoms with Crippen molar-refractivity contribution in [3.63, 3.8) is 0 Å². The van der Waals surface area contributed by atoms with Gasteiger partial charge in [0.05, 0.1) is 11.7 Å². The number of aliphatic hydroxyl groups is 1. The first-order chi connectivity index (χ1) is 9.16. The fraction of sp³-hybridized carbons (Fsp3) is 0.533. The first-order valence-electron chi connectivity index (χ1n) is 6.86. The zero-order valence-corrected chi connectivity index (χ0v) is 11.0. The Kier molecular flexibility index (Phi) is 4.80. The minimum absolute atomic E-state index is 0.209. The monoisotopic (exact) mass is 263 g/mol. The average molecular weight is 263 g/mol. The van der Waals surface area contributed by atoms with Crippen LogP contribution in [0.5, 0.6) is 5.75 Å². The topological polar surface area (TPSA) is 72.6 Å². The largest absolute Gasteiger partial charge is 0.490 e. The van der Waals surface area contributed by atoms with Gasteiger partial charge in [-0.3, -0.25) is 4.79 Å². The van der Waals surface area contributed by atoms with E-state index in [0.717, 1.165) is 6.42 Å². The lowest BCUT2D eigenvalue weighted by molar-refractivity contribution is 0.0836. The molecule has 1 amide bonds. The molecule has 0 heterocycles. The second kappa shape index (κ2) is 6.57. The van der Waals surface area contributed by atoms with Crippen molar-refractivity contribution >= 4 is 5.91 Å². The summed E-state index contributed by atoms with van der Waals surface area (Å²) in [6.45, 7) is 0.209. The van der Waals surface area contributed by atoms with Crippen molar-refractivity contribution in [2.45, 2.75) is 38.2 Å². The van der Waals surface area contributed by atoms with Crippen LogP contribution in [0.4, 0.5) is 0 Å². The third kappa shape index (κ3) is 3.96. The van der Waals surface area contributed by atoms with Crippen LogP contribution in [-0.4, -0.2) is 23.7 Å². The van der Waals surface area contributed by atoms with E-state index in [9.17, 15) is 9.90 Å². The molecule has 0 aliphatic heterocycles. The molecule has 1 fully saturated rings. The maximum absolute atomic E-state index is 11.2. The summed E-state index contributed by atoms with van der Waals surface area (Å²) in [5.41, 5.74) is 5.63. The van der Waals surface area contributed by atoms with Crippen LogP contribution in [0.1, 0.15) is 42.5 Å². The molecule has 104 valence electrons. The van der Waals surface area contributed by atoms with Crippen LogP contribution in [0.15, 0.2) is 24.3 Å². The van der Waals surface area contributed by atoms with Crippen LogP contribution in [0.3, 0.4) is 0 Å². The normalized spacial score (nSPS) is 17.3. The Hall–Kier alpha value is -1.55. The van der Waals surface area contributed by atoms with Crippen LogP contribution in [0.2, 0.25) is 0 Å². The standard InChI is InChI=1S/C15H21NO3/c16-15(18)13-7-3-4-8-14(13)19-10-12(17)9-11-5-1-2-6-11/h3-4,7-8,11-12,17H,1-2,5-6,9-10H2,(H2,16,18). The highest BCUT2D eigenvalue weighted by molar-refractivity contribution is 5.95. The number of hydrogen-bond donors (Lipinski definition) is 2. The number of ether oxygens (including phenoxy) is 1. The van der Waals surface area contributed by atoms with Crippen LogP contribution >= 0.6 is 0 Å². The minimum atomic E-state index is -0.513. The molecule has 1 saturated carbocycles. The second-order valence-electron chi connectivity index (χ2n) is 5.21. The maximum Gasteiger partial charge on any atom is 0.252 e. The number of primary amides is 1. The Morgan fingerprint density at radius 2 is 2.05 bits per heavy atom. The lowest BCUT2D eigenvalue weighted by atomic mass is 10.0. The highest BCUT2D eigenvalue weighted by atomic mass is 16.5. The number of nitrogens with two attached hydrogens (primary N) is 1. The van der Waals surface area contributed by atoms with E-state index < -0.39 is 12.0 Å². The van der Waals surface area contributed by atoms with E-state index in [1.165, 1.54) is 25.7 Å². The average Bonchev–Trinajstić information content (AvgIpc) is 2.89. The van der Waals surface area contributed by atoms with Gasteiger partial charge >= 0.3 is 0 Å². The number of aliphatic hydroxyl groups excluding tert-OH is 1. The van der Waals surface area contributed by atoms with E-state index in [4.69, 9.17) is 10.5 Å². The summed E-state index contributed by atoms with van der Waals surface area (Å²) in [5.74, 6) is 0.548. The molecular formula is C15H21NO3. The van der Waals surface area contributed by atoms with Gasteiger partial charge in [-0.2, -0.15) is 0 Å². The first kappa shape index (κ1) is 13.9. The van der Waals surface area contributed by atoms with Gasteiger partial charge in [0.2, 0.25) is 0 Å². The van der Waals surface area contributed by atoms with E-state index in [2.05, 4.69) is 0 Å². The van der Waals surface area contributed by atoms with Gasteiger partial charge in [0, 0.05) is 0 Å². The molecule has 4 heteroatoms. The second-order valence-corrected chi connectivity index (χ2v) is 5.21. The zero-order chi connectivity index (χ0) is 13.7. The molecule has 19 heavy (non-hydrogen) atoms. The summed E-state index contributed by atoms with van der Waals surface area (Å²) >= 11 is 0. The van der Waals surface area contributed by atoms with Crippen molar-refractivity contribution in [2.24, 2.45) is 11.7 Å². The van der Waals surface area contributed by atoms with Gasteiger partial charge in [-0.15, -0.1) is 0 Å². The summed E-state index contributed by atoms with van der Waals surface area (Å²) in [7, 11) is 0. The number of amides is 1. The Labute approximate surface area is 113 Å². The highest BCUT2D eigenvalue weighted by Gasteiger charge is 2.19. The van der Waals surface area contributed by atoms with Crippen molar-refractivity contribution in [3.05, 3.63) is 29.8 Å². The number of hydrogen-bond acceptors (Lipinski definition) is 3. The molecule has 4 nitrogen and oxygen atoms in total. The lowest BCUT2D eigenvalue weighted by Crippen LogP contribution is -2.22. The van der Waals surface area contributed by atoms with E-state index in [1.807, 2.05) is 0 Å². The van der Waals surface area contributed by atoms with E-state index in [0.29, 0.717) is 17.2 Å². The summed E-state index contributed by atoms with van der Waals surface area (Å²) in [5, 5.41) is 9.96. The molecule has 0 saturated heterocycles. The summed E-state index contributed by atoms with van der Waals surface area (Å²) < 4.78 is 5.52. The molecule has 0 bridgehead atoms. The number of benzene rings is 1. The predicted octanol–water partition coefficient (Wildman–Crippen LogP) is 2.11. The Bertz CT molecular complexity index is 427. The van der Waals surface area contributed by atoms with Gasteiger partial charge in [0.25, 0.3) is 5.91 Å². The third-order valence-electron chi connectivity index (χ3n) is 3.66. The van der Waals surface area contributed by atoms with Crippen molar-refractivity contribution in [3.8, 4) is 5.75 Å². The van der Waals surface area contributed by atoms with Gasteiger partial charge < -0.3 is 15.6 Å². The molecule has 1 unspecified atom stereocenters. The van der Waals surface area contributed by atoms with Crippen LogP contribution in [0.25, 0.3) is 0 Å². The van der Waals surface area contributed by atoms with Crippen LogP contribution < -0.4 is 10.5 Å². The van der Waals surface area contributed by atoms with Crippen molar-refractivity contribution in [1.29, 1.82) is 0 Å². The number of rotatable bonds is 6. The minimum Gasteiger partial charge on any atom is -0.490 e. The first-order valence-corrected chi connectivity index (χ1v) is 6.86. The quantitative estimate of drug-likeness (QED) is 0.825. The lowest BCUT2D eigenvalue weighted by Gasteiger charge is -2.17. The summed E-state index contributed by atoms with van der Waals surface area (Å²) in [6, 6.07) is 6.84. The molecule has 0 aromatic heterocycles. The fourth-order valence-corrected chi connectivity index (χ4v) is 2.68. The molecule has 2 rings (SSSR count). The van der Waals surface area contributed by atoms with Gasteiger partial charge in [-0.05, 0) is 24.5 Å². The van der Waals surface area contributed by atoms with Gasteiger partial charge in [-0.25, -0.2) is 0 Å². The van der Waals surface area contributed by atoms with Crippen molar-refractivity contribution in [1.82, 2.24) is 0 Å².